The van der Waals surface area contributed by atoms with Crippen LogP contribution in [0.25, 0.3) is 0 Å². The third kappa shape index (κ3) is 2.91. The number of hydrogen-bond acceptors (Lipinski definition) is 3. The SMILES string of the molecule is CC.CN1C(=O)CN2CCOC2(c2ccccc2Cl)c2cc(Cl)ccc21. The Morgan fingerprint density at radius 1 is 1.08 bits per heavy atom. The summed E-state index contributed by atoms with van der Waals surface area (Å²) in [6, 6.07) is 13.1. The predicted molar refractivity (Wildman–Crippen MR) is 106 cm³/mol. The van der Waals surface area contributed by atoms with Crippen LogP contribution in [0.4, 0.5) is 5.69 Å². The lowest BCUT2D eigenvalue weighted by molar-refractivity contribution is -0.122. The van der Waals surface area contributed by atoms with Crippen molar-refractivity contribution in [1.29, 1.82) is 0 Å². The van der Waals surface area contributed by atoms with Crippen molar-refractivity contribution in [3.63, 3.8) is 0 Å². The summed E-state index contributed by atoms with van der Waals surface area (Å²) in [6.45, 7) is 5.43. The molecule has 4 rings (SSSR count). The Morgan fingerprint density at radius 3 is 2.54 bits per heavy atom. The standard InChI is InChI=1S/C18H16Cl2N2O2.C2H6/c1-21-16-7-6-12(19)10-14(16)18(13-4-2-3-5-15(13)20)22(8-9-24-18)11-17(21)23;1-2/h2-7,10H,8-9,11H2,1H3;1-2H3. The highest BCUT2D eigenvalue weighted by Crippen LogP contribution is 2.48. The number of ether oxygens (including phenoxy) is 1. The van der Waals surface area contributed by atoms with Crippen LogP contribution in [0, 0.1) is 0 Å². The fourth-order valence-electron chi connectivity index (χ4n) is 3.60. The molecule has 0 N–H and O–H groups in total. The number of halogens is 2. The van der Waals surface area contributed by atoms with Gasteiger partial charge in [0.2, 0.25) is 5.91 Å². The molecule has 0 spiro atoms. The Kier molecular flexibility index (Phi) is 5.58. The Balaban J connectivity index is 0.000000948. The molecule has 2 aromatic carbocycles. The van der Waals surface area contributed by atoms with Gasteiger partial charge in [0.05, 0.1) is 18.8 Å². The zero-order chi connectivity index (χ0) is 18.9. The van der Waals surface area contributed by atoms with Crippen molar-refractivity contribution >= 4 is 34.8 Å². The zero-order valence-corrected chi connectivity index (χ0v) is 16.6. The van der Waals surface area contributed by atoms with Gasteiger partial charge in [-0.3, -0.25) is 9.69 Å². The highest BCUT2D eigenvalue weighted by Gasteiger charge is 2.51. The van der Waals surface area contributed by atoms with Gasteiger partial charge in [-0.05, 0) is 24.3 Å². The van der Waals surface area contributed by atoms with Gasteiger partial charge in [-0.1, -0.05) is 55.2 Å². The number of nitrogens with zero attached hydrogens (tertiary/aromatic N) is 2. The van der Waals surface area contributed by atoms with E-state index >= 15 is 0 Å². The van der Waals surface area contributed by atoms with Crippen LogP contribution in [0.1, 0.15) is 25.0 Å². The summed E-state index contributed by atoms with van der Waals surface area (Å²) in [5.74, 6) is 0.0120. The summed E-state index contributed by atoms with van der Waals surface area (Å²) in [5, 5.41) is 1.20. The van der Waals surface area contributed by atoms with Gasteiger partial charge in [0.1, 0.15) is 0 Å². The molecular formula is C20H22Cl2N2O2. The first-order valence-electron chi connectivity index (χ1n) is 8.74. The van der Waals surface area contributed by atoms with E-state index in [0.29, 0.717) is 23.2 Å². The summed E-state index contributed by atoms with van der Waals surface area (Å²) >= 11 is 12.8. The molecule has 2 aliphatic rings. The molecule has 1 atom stereocenters. The lowest BCUT2D eigenvalue weighted by atomic mass is 9.91. The van der Waals surface area contributed by atoms with Crippen LogP contribution in [0.5, 0.6) is 0 Å². The first-order chi connectivity index (χ1) is 12.5. The van der Waals surface area contributed by atoms with Gasteiger partial charge in [0, 0.05) is 34.8 Å². The highest BCUT2D eigenvalue weighted by molar-refractivity contribution is 6.31. The van der Waals surface area contributed by atoms with Gasteiger partial charge >= 0.3 is 0 Å². The largest absolute Gasteiger partial charge is 0.350 e. The highest BCUT2D eigenvalue weighted by atomic mass is 35.5. The van der Waals surface area contributed by atoms with Crippen molar-refractivity contribution in [3.8, 4) is 0 Å². The van der Waals surface area contributed by atoms with Crippen molar-refractivity contribution in [1.82, 2.24) is 4.90 Å². The van der Waals surface area contributed by atoms with E-state index in [4.69, 9.17) is 27.9 Å². The number of benzene rings is 2. The normalized spacial score (nSPS) is 22.2. The van der Waals surface area contributed by atoms with Crippen molar-refractivity contribution in [2.24, 2.45) is 0 Å². The van der Waals surface area contributed by atoms with E-state index in [-0.39, 0.29) is 12.5 Å². The second-order valence-corrected chi connectivity index (χ2v) is 6.85. The number of carbonyl (C=O) groups is 1. The van der Waals surface area contributed by atoms with Crippen molar-refractivity contribution in [3.05, 3.63) is 63.6 Å². The van der Waals surface area contributed by atoms with Crippen LogP contribution in [-0.4, -0.2) is 37.6 Å². The van der Waals surface area contributed by atoms with E-state index in [1.807, 2.05) is 55.1 Å². The maximum absolute atomic E-state index is 12.6. The molecule has 0 aliphatic carbocycles. The van der Waals surface area contributed by atoms with Gasteiger partial charge < -0.3 is 9.64 Å². The maximum Gasteiger partial charge on any atom is 0.241 e. The number of likely N-dealkylation sites (N-methyl/N-ethyl adjacent to an activating group) is 1. The molecule has 1 fully saturated rings. The lowest BCUT2D eigenvalue weighted by Gasteiger charge is -2.37. The molecule has 6 heteroatoms. The minimum absolute atomic E-state index is 0.0120. The topological polar surface area (TPSA) is 32.8 Å². The second-order valence-electron chi connectivity index (χ2n) is 6.01. The molecule has 138 valence electrons. The summed E-state index contributed by atoms with van der Waals surface area (Å²) < 4.78 is 6.27. The van der Waals surface area contributed by atoms with Crippen LogP contribution >= 0.6 is 23.2 Å². The van der Waals surface area contributed by atoms with Gasteiger partial charge in [-0.2, -0.15) is 0 Å². The monoisotopic (exact) mass is 392 g/mol. The fraction of sp³-hybridized carbons (Fsp3) is 0.350. The maximum atomic E-state index is 12.6. The van der Waals surface area contributed by atoms with Crippen LogP contribution in [0.2, 0.25) is 10.0 Å². The third-order valence-corrected chi connectivity index (χ3v) is 5.31. The molecule has 0 aromatic heterocycles. The number of amides is 1. The molecule has 0 radical (unpaired) electrons. The average Bonchev–Trinajstić information content (AvgIpc) is 3.04. The minimum atomic E-state index is -0.904. The average molecular weight is 393 g/mol. The van der Waals surface area contributed by atoms with Crippen LogP contribution in [-0.2, 0) is 15.3 Å². The zero-order valence-electron chi connectivity index (χ0n) is 15.1. The van der Waals surface area contributed by atoms with Crippen molar-refractivity contribution in [2.45, 2.75) is 19.6 Å². The van der Waals surface area contributed by atoms with Gasteiger partial charge in [0.25, 0.3) is 0 Å². The van der Waals surface area contributed by atoms with Gasteiger partial charge in [-0.25, -0.2) is 0 Å². The molecule has 26 heavy (non-hydrogen) atoms. The Morgan fingerprint density at radius 2 is 1.81 bits per heavy atom. The number of rotatable bonds is 1. The van der Waals surface area contributed by atoms with Crippen LogP contribution < -0.4 is 4.90 Å². The summed E-state index contributed by atoms with van der Waals surface area (Å²) in [4.78, 5) is 16.3. The predicted octanol–water partition coefficient (Wildman–Crippen LogP) is 4.53. The lowest BCUT2D eigenvalue weighted by Crippen LogP contribution is -2.45. The first kappa shape index (κ1) is 19.2. The second kappa shape index (κ2) is 7.57. The fourth-order valence-corrected chi connectivity index (χ4v) is 4.03. The summed E-state index contributed by atoms with van der Waals surface area (Å²) in [6.07, 6.45) is 0. The van der Waals surface area contributed by atoms with E-state index in [2.05, 4.69) is 0 Å². The van der Waals surface area contributed by atoms with E-state index < -0.39 is 5.72 Å². The van der Waals surface area contributed by atoms with Crippen molar-refractivity contribution in [2.75, 3.05) is 31.6 Å². The van der Waals surface area contributed by atoms with E-state index in [0.717, 1.165) is 16.8 Å². The molecule has 4 nitrogen and oxygen atoms in total. The molecule has 2 aromatic rings. The first-order valence-corrected chi connectivity index (χ1v) is 9.50. The minimum Gasteiger partial charge on any atom is -0.350 e. The molecule has 2 heterocycles. The number of carbonyl (C=O) groups excluding carboxylic acids is 1. The van der Waals surface area contributed by atoms with E-state index in [1.165, 1.54) is 0 Å². The quantitative estimate of drug-likeness (QED) is 0.714. The Labute approximate surface area is 164 Å². The molecular weight excluding hydrogens is 371 g/mol. The van der Waals surface area contributed by atoms with Crippen LogP contribution in [0.3, 0.4) is 0 Å². The third-order valence-electron chi connectivity index (χ3n) is 4.74. The number of hydrogen-bond donors (Lipinski definition) is 0. The molecule has 2 aliphatic heterocycles. The smallest absolute Gasteiger partial charge is 0.241 e. The number of anilines is 1. The Hall–Kier alpha value is -1.59. The van der Waals surface area contributed by atoms with Gasteiger partial charge in [-0.15, -0.1) is 0 Å². The number of fused-ring (bicyclic) bond motifs is 3. The molecule has 0 saturated carbocycles. The van der Waals surface area contributed by atoms with Crippen molar-refractivity contribution < 1.29 is 9.53 Å². The summed E-state index contributed by atoms with van der Waals surface area (Å²) in [7, 11) is 1.78. The van der Waals surface area contributed by atoms with Gasteiger partial charge in [0.15, 0.2) is 5.72 Å². The molecule has 0 bridgehead atoms. The molecule has 1 unspecified atom stereocenters. The Bertz CT molecular complexity index is 827. The summed E-state index contributed by atoms with van der Waals surface area (Å²) in [5.41, 5.74) is 1.55. The molecule has 1 amide bonds. The molecule has 1 saturated heterocycles. The van der Waals surface area contributed by atoms with E-state index in [9.17, 15) is 4.79 Å². The van der Waals surface area contributed by atoms with Crippen LogP contribution in [0.15, 0.2) is 42.5 Å². The van der Waals surface area contributed by atoms with E-state index in [1.54, 1.807) is 18.0 Å².